The number of nitrogens with zero attached hydrogens (tertiary/aromatic N) is 2. The molecule has 3 saturated heterocycles. The van der Waals surface area contributed by atoms with Crippen LogP contribution < -0.4 is 4.90 Å². The molecule has 208 valence electrons. The first-order chi connectivity index (χ1) is 18.0. The van der Waals surface area contributed by atoms with Gasteiger partial charge in [-0.05, 0) is 70.1 Å². The van der Waals surface area contributed by atoms with Crippen LogP contribution in [0.4, 0.5) is 5.69 Å². The van der Waals surface area contributed by atoms with Crippen molar-refractivity contribution in [3.05, 3.63) is 42.0 Å². The van der Waals surface area contributed by atoms with Crippen molar-refractivity contribution in [3.63, 3.8) is 0 Å². The lowest BCUT2D eigenvalue weighted by Gasteiger charge is -2.40. The van der Waals surface area contributed by atoms with E-state index in [0.29, 0.717) is 19.4 Å². The quantitative estimate of drug-likeness (QED) is 0.351. The highest BCUT2D eigenvalue weighted by Crippen LogP contribution is 2.72. The zero-order chi connectivity index (χ0) is 28.0. The van der Waals surface area contributed by atoms with Crippen LogP contribution in [-0.4, -0.2) is 69.1 Å². The number of esters is 1. The van der Waals surface area contributed by atoms with Gasteiger partial charge in [0.1, 0.15) is 6.04 Å². The minimum Gasteiger partial charge on any atom is -0.466 e. The van der Waals surface area contributed by atoms with Crippen LogP contribution in [0.3, 0.4) is 0 Å². The van der Waals surface area contributed by atoms with Gasteiger partial charge in [-0.25, -0.2) is 0 Å². The van der Waals surface area contributed by atoms with Gasteiger partial charge in [0.25, 0.3) is 5.91 Å². The molecule has 2 unspecified atom stereocenters. The second-order valence-corrected chi connectivity index (χ2v) is 13.6. The van der Waals surface area contributed by atoms with E-state index in [1.54, 1.807) is 34.6 Å². The van der Waals surface area contributed by atoms with Crippen molar-refractivity contribution in [2.45, 2.75) is 82.4 Å². The van der Waals surface area contributed by atoms with E-state index in [1.807, 2.05) is 52.8 Å². The lowest BCUT2D eigenvalue weighted by atomic mass is 9.66. The van der Waals surface area contributed by atoms with Gasteiger partial charge in [0.05, 0.1) is 35.8 Å². The molecule has 3 heterocycles. The summed E-state index contributed by atoms with van der Waals surface area (Å²) < 4.78 is 4.24. The summed E-state index contributed by atoms with van der Waals surface area (Å²) in [7, 11) is 0. The van der Waals surface area contributed by atoms with Crippen molar-refractivity contribution in [2.75, 3.05) is 24.7 Å². The SMILES string of the molecule is C=CCN(C(=O)C1N([C@@H](CO)CC(C)C)C(=O)[C@@H]2[C@@H](C(=O)OCC)[C@@]3(C)CCC12S3)c1cc(C)ccc1C. The van der Waals surface area contributed by atoms with Crippen LogP contribution in [-0.2, 0) is 19.1 Å². The van der Waals surface area contributed by atoms with Gasteiger partial charge in [0.15, 0.2) is 0 Å². The van der Waals surface area contributed by atoms with Crippen LogP contribution in [0.15, 0.2) is 30.9 Å². The lowest BCUT2D eigenvalue weighted by molar-refractivity contribution is -0.155. The Hall–Kier alpha value is -2.32. The van der Waals surface area contributed by atoms with E-state index in [-0.39, 0.29) is 36.9 Å². The molecule has 0 aliphatic carbocycles. The summed E-state index contributed by atoms with van der Waals surface area (Å²) in [5.74, 6) is -1.84. The fourth-order valence-electron chi connectivity index (χ4n) is 7.04. The summed E-state index contributed by atoms with van der Waals surface area (Å²) in [6.45, 7) is 16.1. The summed E-state index contributed by atoms with van der Waals surface area (Å²) in [5.41, 5.74) is 2.77. The fourth-order valence-corrected chi connectivity index (χ4v) is 9.37. The number of thioether (sulfide) groups is 1. The molecule has 0 aromatic heterocycles. The molecule has 38 heavy (non-hydrogen) atoms. The minimum absolute atomic E-state index is 0.182. The molecule has 3 aliphatic heterocycles. The first-order valence-corrected chi connectivity index (χ1v) is 14.6. The van der Waals surface area contributed by atoms with Crippen molar-refractivity contribution >= 4 is 35.2 Å². The number of aryl methyl sites for hydroxylation is 2. The topological polar surface area (TPSA) is 87.2 Å². The fraction of sp³-hybridized carbons (Fsp3) is 0.633. The number of aliphatic hydroxyl groups excluding tert-OH is 1. The maximum Gasteiger partial charge on any atom is 0.311 e. The predicted molar refractivity (Wildman–Crippen MR) is 151 cm³/mol. The third-order valence-corrected chi connectivity index (χ3v) is 10.6. The second-order valence-electron chi connectivity index (χ2n) is 11.7. The van der Waals surface area contributed by atoms with Crippen LogP contribution >= 0.6 is 11.8 Å². The summed E-state index contributed by atoms with van der Waals surface area (Å²) in [6.07, 6.45) is 3.64. The Morgan fingerprint density at radius 2 is 2.03 bits per heavy atom. The van der Waals surface area contributed by atoms with E-state index in [2.05, 4.69) is 6.58 Å². The molecule has 1 aromatic rings. The molecule has 0 saturated carbocycles. The molecule has 2 bridgehead atoms. The Kier molecular flexibility index (Phi) is 8.06. The Balaban J connectivity index is 1.88. The molecule has 0 radical (unpaired) electrons. The Morgan fingerprint density at radius 3 is 2.63 bits per heavy atom. The maximum absolute atomic E-state index is 14.8. The summed E-state index contributed by atoms with van der Waals surface area (Å²) in [5, 5.41) is 10.5. The first kappa shape index (κ1) is 28.7. The molecule has 4 rings (SSSR count). The average Bonchev–Trinajstić information content (AvgIpc) is 3.43. The molecule has 7 nitrogen and oxygen atoms in total. The molecule has 3 fully saturated rings. The molecule has 8 heteroatoms. The highest BCUT2D eigenvalue weighted by Gasteiger charge is 2.78. The van der Waals surface area contributed by atoms with Gasteiger partial charge < -0.3 is 19.6 Å². The van der Waals surface area contributed by atoms with Crippen molar-refractivity contribution in [3.8, 4) is 0 Å². The average molecular weight is 543 g/mol. The Bertz CT molecular complexity index is 1120. The summed E-state index contributed by atoms with van der Waals surface area (Å²) >= 11 is 1.62. The molecule has 6 atom stereocenters. The molecule has 2 amide bonds. The molecule has 1 N–H and O–H groups in total. The maximum atomic E-state index is 14.8. The van der Waals surface area contributed by atoms with Gasteiger partial charge in [-0.3, -0.25) is 14.4 Å². The number of carbonyl (C=O) groups is 3. The number of carbonyl (C=O) groups excluding carboxylic acids is 3. The number of amides is 2. The third kappa shape index (κ3) is 4.47. The van der Waals surface area contributed by atoms with Crippen LogP contribution in [0.2, 0.25) is 0 Å². The minimum atomic E-state index is -0.804. The van der Waals surface area contributed by atoms with E-state index in [1.165, 1.54) is 0 Å². The van der Waals surface area contributed by atoms with E-state index >= 15 is 0 Å². The second kappa shape index (κ2) is 10.7. The number of aliphatic hydroxyl groups is 1. The number of hydrogen-bond donors (Lipinski definition) is 1. The van der Waals surface area contributed by atoms with Crippen LogP contribution in [0.1, 0.15) is 58.1 Å². The number of hydrogen-bond acceptors (Lipinski definition) is 6. The van der Waals surface area contributed by atoms with E-state index in [9.17, 15) is 19.5 Å². The van der Waals surface area contributed by atoms with Gasteiger partial charge in [0.2, 0.25) is 5.91 Å². The Labute approximate surface area is 231 Å². The zero-order valence-corrected chi connectivity index (χ0v) is 24.3. The monoisotopic (exact) mass is 542 g/mol. The normalized spacial score (nSPS) is 30.5. The largest absolute Gasteiger partial charge is 0.466 e. The lowest BCUT2D eigenvalue weighted by Crippen LogP contribution is -2.58. The van der Waals surface area contributed by atoms with Crippen LogP contribution in [0.25, 0.3) is 0 Å². The molecular weight excluding hydrogens is 500 g/mol. The van der Waals surface area contributed by atoms with Gasteiger partial charge in [-0.15, -0.1) is 18.3 Å². The van der Waals surface area contributed by atoms with Gasteiger partial charge >= 0.3 is 5.97 Å². The van der Waals surface area contributed by atoms with Gasteiger partial charge in [-0.2, -0.15) is 0 Å². The molecular formula is C30H42N2O5S. The van der Waals surface area contributed by atoms with E-state index < -0.39 is 33.4 Å². The summed E-state index contributed by atoms with van der Waals surface area (Å²) in [4.78, 5) is 45.8. The predicted octanol–water partition coefficient (Wildman–Crippen LogP) is 4.27. The first-order valence-electron chi connectivity index (χ1n) is 13.7. The van der Waals surface area contributed by atoms with E-state index in [4.69, 9.17) is 4.74 Å². The molecule has 1 spiro atoms. The number of rotatable bonds is 10. The van der Waals surface area contributed by atoms with E-state index in [0.717, 1.165) is 23.2 Å². The third-order valence-electron chi connectivity index (χ3n) is 8.57. The van der Waals surface area contributed by atoms with Crippen LogP contribution in [0, 0.1) is 31.6 Å². The number of ether oxygens (including phenoxy) is 1. The highest BCUT2D eigenvalue weighted by atomic mass is 32.2. The number of likely N-dealkylation sites (tertiary alicyclic amines) is 1. The zero-order valence-electron chi connectivity index (χ0n) is 23.5. The number of benzene rings is 1. The van der Waals surface area contributed by atoms with Crippen molar-refractivity contribution in [2.24, 2.45) is 17.8 Å². The van der Waals surface area contributed by atoms with Crippen molar-refractivity contribution < 1.29 is 24.2 Å². The summed E-state index contributed by atoms with van der Waals surface area (Å²) in [6, 6.07) is 4.68. The smallest absolute Gasteiger partial charge is 0.311 e. The van der Waals surface area contributed by atoms with Gasteiger partial charge in [-0.1, -0.05) is 32.1 Å². The highest BCUT2D eigenvalue weighted by molar-refractivity contribution is 8.02. The number of fused-ring (bicyclic) bond motifs is 1. The Morgan fingerprint density at radius 1 is 1.32 bits per heavy atom. The standard InChI is InChI=1S/C30H42N2O5S/c1-8-14-31(22-16-19(5)10-11-20(22)6)27(35)25-30-13-12-29(7,38-30)24(28(36)37-9-2)23(30)26(34)32(25)21(17-33)15-18(3)4/h8,10-11,16,18,21,23-25,33H,1,9,12-15,17H2,2-7H3/t21-,23+,24+,25?,29-,30?/m1/s1. The number of anilines is 1. The van der Waals surface area contributed by atoms with Gasteiger partial charge in [0, 0.05) is 17.0 Å². The molecule has 3 aliphatic rings. The molecule has 1 aromatic carbocycles. The van der Waals surface area contributed by atoms with Crippen LogP contribution in [0.5, 0.6) is 0 Å². The van der Waals surface area contributed by atoms with Crippen molar-refractivity contribution in [1.29, 1.82) is 0 Å². The van der Waals surface area contributed by atoms with Crippen molar-refractivity contribution in [1.82, 2.24) is 4.90 Å².